The van der Waals surface area contributed by atoms with Crippen molar-refractivity contribution in [2.45, 2.75) is 37.5 Å². The molecule has 0 unspecified atom stereocenters. The average Bonchev–Trinajstić information content (AvgIpc) is 2.80. The number of hydrogen-bond donors (Lipinski definition) is 2. The third-order valence-corrected chi connectivity index (χ3v) is 7.26. The lowest BCUT2D eigenvalue weighted by Crippen LogP contribution is -2.43. The quantitative estimate of drug-likeness (QED) is 0.612. The highest BCUT2D eigenvalue weighted by Crippen LogP contribution is 2.25. The summed E-state index contributed by atoms with van der Waals surface area (Å²) in [6.45, 7) is 3.13. The van der Waals surface area contributed by atoms with Crippen LogP contribution in [0.4, 0.5) is 5.69 Å². The van der Waals surface area contributed by atoms with Crippen molar-refractivity contribution in [1.29, 1.82) is 0 Å². The molecule has 0 spiro atoms. The molecule has 1 atom stereocenters. The number of benzene rings is 2. The second-order valence-electron chi connectivity index (χ2n) is 7.66. The first-order valence-corrected chi connectivity index (χ1v) is 12.1. The zero-order valence-corrected chi connectivity index (χ0v) is 18.5. The number of piperidine rings is 1. The van der Waals surface area contributed by atoms with Crippen LogP contribution in [0.25, 0.3) is 0 Å². The van der Waals surface area contributed by atoms with Gasteiger partial charge in [-0.3, -0.25) is 9.59 Å². The predicted octanol–water partition coefficient (Wildman–Crippen LogP) is 3.26. The summed E-state index contributed by atoms with van der Waals surface area (Å²) < 4.78 is 27.2. The molecule has 3 rings (SSSR count). The van der Waals surface area contributed by atoms with E-state index < -0.39 is 15.9 Å². The minimum Gasteiger partial charge on any atom is -0.352 e. The Morgan fingerprint density at radius 3 is 2.52 bits per heavy atom. The lowest BCUT2D eigenvalue weighted by atomic mass is 9.98. The topological polar surface area (TPSA) is 95.6 Å². The Hall–Kier alpha value is -2.71. The van der Waals surface area contributed by atoms with Crippen LogP contribution in [0, 0.1) is 5.92 Å². The van der Waals surface area contributed by atoms with E-state index >= 15 is 0 Å². The summed E-state index contributed by atoms with van der Waals surface area (Å²) in [5.74, 6) is -0.994. The van der Waals surface area contributed by atoms with Gasteiger partial charge in [-0.1, -0.05) is 43.7 Å². The number of para-hydroxylation sites is 1. The normalized spacial score (nSPS) is 17.1. The SMILES string of the molecule is CCCCNC(=O)c1ccccc1NC(=O)[C@@H]1CCCN(S(=O)(=O)c2ccccc2)C1. The molecule has 2 amide bonds. The van der Waals surface area contributed by atoms with Gasteiger partial charge in [0.15, 0.2) is 0 Å². The van der Waals surface area contributed by atoms with Gasteiger partial charge in [-0.15, -0.1) is 0 Å². The van der Waals surface area contributed by atoms with Crippen LogP contribution < -0.4 is 10.6 Å². The Labute approximate surface area is 183 Å². The highest BCUT2D eigenvalue weighted by molar-refractivity contribution is 7.89. The molecule has 0 aliphatic carbocycles. The maximum Gasteiger partial charge on any atom is 0.253 e. The largest absolute Gasteiger partial charge is 0.352 e. The van der Waals surface area contributed by atoms with Gasteiger partial charge < -0.3 is 10.6 Å². The fourth-order valence-corrected chi connectivity index (χ4v) is 5.16. The summed E-state index contributed by atoms with van der Waals surface area (Å²) in [6.07, 6.45) is 3.05. The van der Waals surface area contributed by atoms with Crippen LogP contribution in [0.3, 0.4) is 0 Å². The molecule has 0 saturated carbocycles. The van der Waals surface area contributed by atoms with Gasteiger partial charge in [-0.25, -0.2) is 8.42 Å². The van der Waals surface area contributed by atoms with E-state index in [2.05, 4.69) is 10.6 Å². The Kier molecular flexibility index (Phi) is 7.81. The molecule has 0 radical (unpaired) electrons. The lowest BCUT2D eigenvalue weighted by molar-refractivity contribution is -0.120. The fourth-order valence-electron chi connectivity index (χ4n) is 3.62. The number of sulfonamides is 1. The summed E-state index contributed by atoms with van der Waals surface area (Å²) in [6, 6.07) is 15.1. The molecule has 1 saturated heterocycles. The highest BCUT2D eigenvalue weighted by Gasteiger charge is 2.33. The zero-order chi connectivity index (χ0) is 22.3. The lowest BCUT2D eigenvalue weighted by Gasteiger charge is -2.31. The van der Waals surface area contributed by atoms with Crippen molar-refractivity contribution >= 4 is 27.5 Å². The predicted molar refractivity (Wildman–Crippen MR) is 120 cm³/mol. The van der Waals surface area contributed by atoms with Gasteiger partial charge in [-0.05, 0) is 43.5 Å². The van der Waals surface area contributed by atoms with Gasteiger partial charge in [0.25, 0.3) is 5.91 Å². The smallest absolute Gasteiger partial charge is 0.253 e. The molecule has 1 heterocycles. The average molecular weight is 444 g/mol. The molecule has 0 aromatic heterocycles. The van der Waals surface area contributed by atoms with E-state index in [4.69, 9.17) is 0 Å². The van der Waals surface area contributed by atoms with E-state index in [1.54, 1.807) is 54.6 Å². The molecular formula is C23H29N3O4S. The van der Waals surface area contributed by atoms with Crippen molar-refractivity contribution in [3.8, 4) is 0 Å². The molecule has 1 aliphatic heterocycles. The minimum absolute atomic E-state index is 0.119. The van der Waals surface area contributed by atoms with E-state index in [9.17, 15) is 18.0 Å². The van der Waals surface area contributed by atoms with Crippen molar-refractivity contribution < 1.29 is 18.0 Å². The fraction of sp³-hybridized carbons (Fsp3) is 0.391. The van der Waals surface area contributed by atoms with Crippen LogP contribution in [0.1, 0.15) is 43.0 Å². The zero-order valence-electron chi connectivity index (χ0n) is 17.7. The molecule has 0 bridgehead atoms. The van der Waals surface area contributed by atoms with Crippen molar-refractivity contribution in [2.24, 2.45) is 5.92 Å². The molecule has 2 aromatic carbocycles. The number of unbranched alkanes of at least 4 members (excludes halogenated alkanes) is 1. The summed E-state index contributed by atoms with van der Waals surface area (Å²) >= 11 is 0. The third-order valence-electron chi connectivity index (χ3n) is 5.38. The monoisotopic (exact) mass is 443 g/mol. The number of carbonyl (C=O) groups excluding carboxylic acids is 2. The van der Waals surface area contributed by atoms with Crippen molar-refractivity contribution in [1.82, 2.24) is 9.62 Å². The number of rotatable bonds is 8. The number of carbonyl (C=O) groups is 2. The molecule has 31 heavy (non-hydrogen) atoms. The molecule has 1 aliphatic rings. The Bertz CT molecular complexity index is 1010. The van der Waals surface area contributed by atoms with E-state index in [0.29, 0.717) is 37.2 Å². The van der Waals surface area contributed by atoms with Crippen molar-refractivity contribution in [2.75, 3.05) is 25.0 Å². The van der Waals surface area contributed by atoms with E-state index in [-0.39, 0.29) is 23.3 Å². The summed E-state index contributed by atoms with van der Waals surface area (Å²) in [5.41, 5.74) is 0.834. The highest BCUT2D eigenvalue weighted by atomic mass is 32.2. The molecule has 2 aromatic rings. The summed E-state index contributed by atoms with van der Waals surface area (Å²) in [7, 11) is -3.65. The summed E-state index contributed by atoms with van der Waals surface area (Å²) in [5, 5.41) is 5.70. The van der Waals surface area contributed by atoms with Crippen LogP contribution in [-0.2, 0) is 14.8 Å². The minimum atomic E-state index is -3.65. The number of amides is 2. The van der Waals surface area contributed by atoms with Gasteiger partial charge in [0.2, 0.25) is 15.9 Å². The number of nitrogens with one attached hydrogen (secondary N) is 2. The van der Waals surface area contributed by atoms with Crippen molar-refractivity contribution in [3.05, 3.63) is 60.2 Å². The molecule has 166 valence electrons. The standard InChI is InChI=1S/C23H29N3O4S/c1-2-3-15-24-23(28)20-13-7-8-14-21(20)25-22(27)18-10-9-16-26(17-18)31(29,30)19-11-5-4-6-12-19/h4-8,11-14,18H,2-3,9-10,15-17H2,1H3,(H,24,28)(H,25,27)/t18-/m1/s1. The Morgan fingerprint density at radius 1 is 1.06 bits per heavy atom. The first kappa shape index (κ1) is 23.0. The van der Waals surface area contributed by atoms with Gasteiger partial charge in [0.05, 0.1) is 22.1 Å². The molecule has 1 fully saturated rings. The van der Waals surface area contributed by atoms with Crippen LogP contribution in [0.15, 0.2) is 59.5 Å². The third kappa shape index (κ3) is 5.71. The number of anilines is 1. The molecular weight excluding hydrogens is 414 g/mol. The van der Waals surface area contributed by atoms with Gasteiger partial charge in [-0.2, -0.15) is 4.31 Å². The number of nitrogens with zero attached hydrogens (tertiary/aromatic N) is 1. The van der Waals surface area contributed by atoms with E-state index in [0.717, 1.165) is 12.8 Å². The second kappa shape index (κ2) is 10.5. The van der Waals surface area contributed by atoms with Crippen molar-refractivity contribution in [3.63, 3.8) is 0 Å². The van der Waals surface area contributed by atoms with Gasteiger partial charge in [0, 0.05) is 19.6 Å². The number of hydrogen-bond acceptors (Lipinski definition) is 4. The van der Waals surface area contributed by atoms with E-state index in [1.807, 2.05) is 6.92 Å². The van der Waals surface area contributed by atoms with Crippen LogP contribution in [0.5, 0.6) is 0 Å². The maximum atomic E-state index is 12.9. The van der Waals surface area contributed by atoms with E-state index in [1.165, 1.54) is 4.31 Å². The first-order chi connectivity index (χ1) is 14.9. The first-order valence-electron chi connectivity index (χ1n) is 10.7. The second-order valence-corrected chi connectivity index (χ2v) is 9.60. The van der Waals surface area contributed by atoms with Crippen LogP contribution in [0.2, 0.25) is 0 Å². The summed E-state index contributed by atoms with van der Waals surface area (Å²) in [4.78, 5) is 25.7. The Morgan fingerprint density at radius 2 is 1.77 bits per heavy atom. The van der Waals surface area contributed by atoms with Gasteiger partial charge in [0.1, 0.15) is 0 Å². The maximum absolute atomic E-state index is 12.9. The van der Waals surface area contributed by atoms with Gasteiger partial charge >= 0.3 is 0 Å². The van der Waals surface area contributed by atoms with Crippen LogP contribution >= 0.6 is 0 Å². The molecule has 8 heteroatoms. The molecule has 7 nitrogen and oxygen atoms in total. The van der Waals surface area contributed by atoms with Crippen LogP contribution in [-0.4, -0.2) is 44.2 Å². The molecule has 2 N–H and O–H groups in total. The Balaban J connectivity index is 1.69.